The molecular weight excluding hydrogens is 260 g/mol. The molecule has 2 heteroatoms. The first kappa shape index (κ1) is 14.4. The first-order valence-corrected chi connectivity index (χ1v) is 7.82. The number of aliphatic hydroxyl groups is 1. The lowest BCUT2D eigenvalue weighted by molar-refractivity contribution is 0.167. The normalized spacial score (nSPS) is 24.9. The van der Waals surface area contributed by atoms with Crippen LogP contribution < -0.4 is 4.74 Å². The van der Waals surface area contributed by atoms with Gasteiger partial charge in [0.2, 0.25) is 0 Å². The Balaban J connectivity index is 2.09. The summed E-state index contributed by atoms with van der Waals surface area (Å²) in [4.78, 5) is 0. The number of rotatable bonds is 2. The van der Waals surface area contributed by atoms with E-state index >= 15 is 0 Å². The van der Waals surface area contributed by atoms with E-state index in [-0.39, 0.29) is 6.10 Å². The lowest BCUT2D eigenvalue weighted by Crippen LogP contribution is -2.12. The zero-order valence-corrected chi connectivity index (χ0v) is 13.0. The molecular formula is C19H24O2. The Kier molecular flexibility index (Phi) is 3.90. The predicted molar refractivity (Wildman–Crippen MR) is 86.4 cm³/mol. The fraction of sp³-hybridized carbons (Fsp3) is 0.474. The molecule has 0 saturated heterocycles. The van der Waals surface area contributed by atoms with Crippen LogP contribution in [-0.4, -0.2) is 18.3 Å². The van der Waals surface area contributed by atoms with Crippen molar-refractivity contribution in [2.75, 3.05) is 7.11 Å². The minimum Gasteiger partial charge on any atom is -0.497 e. The molecule has 0 radical (unpaired) electrons. The van der Waals surface area contributed by atoms with Gasteiger partial charge >= 0.3 is 0 Å². The van der Waals surface area contributed by atoms with Crippen molar-refractivity contribution < 1.29 is 9.84 Å². The number of ether oxygens (including phenoxy) is 1. The van der Waals surface area contributed by atoms with Gasteiger partial charge in [-0.2, -0.15) is 0 Å². The van der Waals surface area contributed by atoms with Gasteiger partial charge in [0, 0.05) is 5.92 Å². The maximum Gasteiger partial charge on any atom is 0.119 e. The molecule has 1 N–H and O–H groups in total. The molecule has 0 aromatic heterocycles. The number of hydrogen-bond donors (Lipinski definition) is 1. The molecule has 0 saturated carbocycles. The van der Waals surface area contributed by atoms with Crippen molar-refractivity contribution in [2.45, 2.75) is 45.1 Å². The SMILES string of the molecule is C=C(C)[C@@H]1CCC(O)CC2=C1CCc1cc(OC)ccc12. The zero-order valence-electron chi connectivity index (χ0n) is 13.0. The molecule has 2 atom stereocenters. The van der Waals surface area contributed by atoms with Gasteiger partial charge in [-0.1, -0.05) is 23.8 Å². The molecule has 3 rings (SSSR count). The maximum absolute atomic E-state index is 10.3. The molecule has 21 heavy (non-hydrogen) atoms. The fourth-order valence-electron chi connectivity index (χ4n) is 3.83. The van der Waals surface area contributed by atoms with Gasteiger partial charge in [-0.3, -0.25) is 0 Å². The van der Waals surface area contributed by atoms with E-state index in [0.717, 1.165) is 37.9 Å². The molecule has 0 bridgehead atoms. The van der Waals surface area contributed by atoms with Crippen LogP contribution in [0.1, 0.15) is 43.7 Å². The summed E-state index contributed by atoms with van der Waals surface area (Å²) < 4.78 is 5.34. The Morgan fingerprint density at radius 3 is 2.81 bits per heavy atom. The number of methoxy groups -OCH3 is 1. The van der Waals surface area contributed by atoms with Crippen molar-refractivity contribution in [3.63, 3.8) is 0 Å². The summed E-state index contributed by atoms with van der Waals surface area (Å²) in [7, 11) is 1.71. The highest BCUT2D eigenvalue weighted by Gasteiger charge is 2.29. The summed E-state index contributed by atoms with van der Waals surface area (Å²) in [5.41, 5.74) is 6.76. The largest absolute Gasteiger partial charge is 0.497 e. The van der Waals surface area contributed by atoms with E-state index in [2.05, 4.69) is 25.6 Å². The van der Waals surface area contributed by atoms with Crippen LogP contribution in [0.25, 0.3) is 5.57 Å². The van der Waals surface area contributed by atoms with E-state index in [1.165, 1.54) is 27.8 Å². The molecule has 0 spiro atoms. The standard InChI is InChI=1S/C19H24O2/c1-12(2)16-8-5-14(20)11-19-17-9-6-15(21-3)10-13(17)4-7-18(16)19/h6,9-10,14,16,20H,1,4-5,7-8,11H2,2-3H3/t14?,16-/m0/s1. The third kappa shape index (κ3) is 2.65. The summed E-state index contributed by atoms with van der Waals surface area (Å²) in [5, 5.41) is 10.3. The van der Waals surface area contributed by atoms with Crippen LogP contribution in [0.5, 0.6) is 5.75 Å². The molecule has 0 fully saturated rings. The highest BCUT2D eigenvalue weighted by Crippen LogP contribution is 2.44. The highest BCUT2D eigenvalue weighted by molar-refractivity contribution is 5.75. The second kappa shape index (κ2) is 5.69. The molecule has 0 amide bonds. The number of aryl methyl sites for hydroxylation is 1. The summed E-state index contributed by atoms with van der Waals surface area (Å²) in [5.74, 6) is 1.36. The van der Waals surface area contributed by atoms with Crippen molar-refractivity contribution in [3.05, 3.63) is 47.1 Å². The first-order chi connectivity index (χ1) is 10.1. The Morgan fingerprint density at radius 2 is 2.10 bits per heavy atom. The third-order valence-electron chi connectivity index (χ3n) is 4.93. The second-order valence-electron chi connectivity index (χ2n) is 6.36. The van der Waals surface area contributed by atoms with Crippen molar-refractivity contribution in [1.29, 1.82) is 0 Å². The summed E-state index contributed by atoms with van der Waals surface area (Å²) in [6.45, 7) is 6.31. The lowest BCUT2D eigenvalue weighted by Gasteiger charge is -2.28. The smallest absolute Gasteiger partial charge is 0.119 e. The Morgan fingerprint density at radius 1 is 1.29 bits per heavy atom. The van der Waals surface area contributed by atoms with Gasteiger partial charge in [0.1, 0.15) is 5.75 Å². The molecule has 2 nitrogen and oxygen atoms in total. The van der Waals surface area contributed by atoms with E-state index in [4.69, 9.17) is 4.74 Å². The third-order valence-corrected chi connectivity index (χ3v) is 4.93. The van der Waals surface area contributed by atoms with Crippen LogP contribution >= 0.6 is 0 Å². The van der Waals surface area contributed by atoms with Crippen LogP contribution in [0.15, 0.2) is 35.9 Å². The van der Waals surface area contributed by atoms with Crippen molar-refractivity contribution >= 4 is 5.57 Å². The number of hydrogen-bond acceptors (Lipinski definition) is 2. The average Bonchev–Trinajstić information content (AvgIpc) is 2.65. The van der Waals surface area contributed by atoms with E-state index in [0.29, 0.717) is 5.92 Å². The summed E-state index contributed by atoms with van der Waals surface area (Å²) in [6, 6.07) is 6.34. The topological polar surface area (TPSA) is 29.5 Å². The average molecular weight is 284 g/mol. The number of benzene rings is 1. The minimum absolute atomic E-state index is 0.229. The van der Waals surface area contributed by atoms with Gasteiger partial charge in [-0.05, 0) is 67.9 Å². The second-order valence-corrected chi connectivity index (χ2v) is 6.36. The van der Waals surface area contributed by atoms with Crippen LogP contribution in [-0.2, 0) is 6.42 Å². The Labute approximate surface area is 127 Å². The summed E-state index contributed by atoms with van der Waals surface area (Å²) in [6.07, 6.45) is 4.59. The highest BCUT2D eigenvalue weighted by atomic mass is 16.5. The monoisotopic (exact) mass is 284 g/mol. The molecule has 1 aromatic rings. The van der Waals surface area contributed by atoms with E-state index in [1.54, 1.807) is 7.11 Å². The van der Waals surface area contributed by atoms with Gasteiger partial charge in [0.15, 0.2) is 0 Å². The van der Waals surface area contributed by atoms with E-state index < -0.39 is 0 Å². The molecule has 1 aromatic carbocycles. The fourth-order valence-corrected chi connectivity index (χ4v) is 3.83. The quantitative estimate of drug-likeness (QED) is 0.827. The van der Waals surface area contributed by atoms with Gasteiger partial charge in [0.25, 0.3) is 0 Å². The number of aliphatic hydroxyl groups excluding tert-OH is 1. The van der Waals surface area contributed by atoms with E-state index in [9.17, 15) is 5.11 Å². The molecule has 0 aliphatic heterocycles. The van der Waals surface area contributed by atoms with Crippen molar-refractivity contribution in [2.24, 2.45) is 5.92 Å². The molecule has 0 heterocycles. The minimum atomic E-state index is -0.229. The zero-order chi connectivity index (χ0) is 15.0. The molecule has 1 unspecified atom stereocenters. The van der Waals surface area contributed by atoms with Crippen molar-refractivity contribution in [1.82, 2.24) is 0 Å². The van der Waals surface area contributed by atoms with Crippen LogP contribution in [0.2, 0.25) is 0 Å². The maximum atomic E-state index is 10.3. The summed E-state index contributed by atoms with van der Waals surface area (Å²) >= 11 is 0. The lowest BCUT2D eigenvalue weighted by atomic mass is 9.77. The van der Waals surface area contributed by atoms with Crippen LogP contribution in [0.3, 0.4) is 0 Å². The first-order valence-electron chi connectivity index (χ1n) is 7.82. The van der Waals surface area contributed by atoms with E-state index in [1.807, 2.05) is 6.07 Å². The number of allylic oxidation sites excluding steroid dienone is 2. The molecule has 112 valence electrons. The van der Waals surface area contributed by atoms with Crippen LogP contribution in [0, 0.1) is 5.92 Å². The number of fused-ring (bicyclic) bond motifs is 2. The Hall–Kier alpha value is -1.54. The molecule has 2 aliphatic carbocycles. The Bertz CT molecular complexity index is 598. The van der Waals surface area contributed by atoms with Gasteiger partial charge in [-0.25, -0.2) is 0 Å². The molecule has 2 aliphatic rings. The van der Waals surface area contributed by atoms with Crippen LogP contribution in [0.4, 0.5) is 0 Å². The predicted octanol–water partition coefficient (Wildman–Crippen LogP) is 4.13. The van der Waals surface area contributed by atoms with Gasteiger partial charge in [-0.15, -0.1) is 0 Å². The van der Waals surface area contributed by atoms with Crippen molar-refractivity contribution in [3.8, 4) is 5.75 Å². The van der Waals surface area contributed by atoms with Gasteiger partial charge in [0.05, 0.1) is 13.2 Å². The van der Waals surface area contributed by atoms with Gasteiger partial charge < -0.3 is 9.84 Å².